The van der Waals surface area contributed by atoms with Gasteiger partial charge in [-0.3, -0.25) is 9.69 Å². The summed E-state index contributed by atoms with van der Waals surface area (Å²) >= 11 is 1.24. The zero-order valence-corrected chi connectivity index (χ0v) is 16.8. The van der Waals surface area contributed by atoms with E-state index in [4.69, 9.17) is 4.74 Å². The Morgan fingerprint density at radius 1 is 1.22 bits per heavy atom. The van der Waals surface area contributed by atoms with Crippen LogP contribution >= 0.6 is 11.5 Å². The molecule has 6 nitrogen and oxygen atoms in total. The van der Waals surface area contributed by atoms with E-state index in [1.54, 1.807) is 4.90 Å². The molecule has 7 heteroatoms. The Bertz CT molecular complexity index is 798. The number of Topliss-reactive ketones (excluding diaryl/α,β-unsaturated/α-hetero) is 1. The number of benzene rings is 1. The Kier molecular flexibility index (Phi) is 5.89. The van der Waals surface area contributed by atoms with E-state index in [1.807, 2.05) is 51.1 Å². The fourth-order valence-corrected chi connectivity index (χ4v) is 3.78. The molecule has 1 aromatic heterocycles. The summed E-state index contributed by atoms with van der Waals surface area (Å²) in [5, 5.41) is 0.675. The molecule has 1 atom stereocenters. The molecule has 0 unspecified atom stereocenters. The summed E-state index contributed by atoms with van der Waals surface area (Å²) < 4.78 is 9.84. The molecule has 2 heterocycles. The molecular weight excluding hydrogens is 362 g/mol. The predicted octanol–water partition coefficient (Wildman–Crippen LogP) is 4.11. The molecule has 1 aromatic carbocycles. The fraction of sp³-hybridized carbons (Fsp3) is 0.500. The topological polar surface area (TPSA) is 72.4 Å². The van der Waals surface area contributed by atoms with Crippen LogP contribution in [-0.2, 0) is 16.0 Å². The maximum absolute atomic E-state index is 12.9. The van der Waals surface area contributed by atoms with Gasteiger partial charge in [-0.25, -0.2) is 9.78 Å². The molecule has 0 radical (unpaired) electrons. The van der Waals surface area contributed by atoms with Crippen LogP contribution in [0.1, 0.15) is 45.0 Å². The number of hydrogen-bond donors (Lipinski definition) is 0. The monoisotopic (exact) mass is 387 g/mol. The summed E-state index contributed by atoms with van der Waals surface area (Å²) in [6.45, 7) is 6.05. The minimum atomic E-state index is -0.577. The van der Waals surface area contributed by atoms with Gasteiger partial charge in [0, 0.05) is 12.1 Å². The lowest BCUT2D eigenvalue weighted by molar-refractivity contribution is -0.124. The number of ether oxygens (including phenoxy) is 1. The van der Waals surface area contributed by atoms with Crippen molar-refractivity contribution in [3.05, 3.63) is 35.3 Å². The molecular formula is C20H25N3O3S. The summed E-state index contributed by atoms with van der Waals surface area (Å²) in [6.07, 6.45) is 2.26. The summed E-state index contributed by atoms with van der Waals surface area (Å²) in [7, 11) is 0. The van der Waals surface area contributed by atoms with Gasteiger partial charge in [0.05, 0.1) is 12.5 Å². The van der Waals surface area contributed by atoms with Crippen molar-refractivity contribution in [3.8, 4) is 11.4 Å². The van der Waals surface area contributed by atoms with E-state index in [0.717, 1.165) is 18.4 Å². The number of carbonyl (C=O) groups is 2. The molecule has 1 amide bonds. The number of rotatable bonds is 4. The third-order valence-corrected chi connectivity index (χ3v) is 5.04. The lowest BCUT2D eigenvalue weighted by Crippen LogP contribution is -2.50. The average Bonchev–Trinajstić information content (AvgIpc) is 3.09. The van der Waals surface area contributed by atoms with Crippen molar-refractivity contribution < 1.29 is 14.3 Å². The molecule has 1 aliphatic rings. The molecule has 0 aliphatic carbocycles. The number of carbonyl (C=O) groups excluding carboxylic acids is 2. The van der Waals surface area contributed by atoms with Crippen LogP contribution in [0.4, 0.5) is 4.79 Å². The SMILES string of the molecule is CC(C)(C)OC(=O)N1CCCC[C@H]1C(=O)Cc1nc(-c2ccccc2)ns1. The summed E-state index contributed by atoms with van der Waals surface area (Å²) in [5.41, 5.74) is 0.354. The molecule has 0 spiro atoms. The summed E-state index contributed by atoms with van der Waals surface area (Å²) in [4.78, 5) is 31.5. The second-order valence-electron chi connectivity index (χ2n) is 7.71. The first-order valence-electron chi connectivity index (χ1n) is 9.24. The van der Waals surface area contributed by atoms with Crippen LogP contribution in [0.2, 0.25) is 0 Å². The van der Waals surface area contributed by atoms with E-state index in [1.165, 1.54) is 11.5 Å². The van der Waals surface area contributed by atoms with Gasteiger partial charge in [0.25, 0.3) is 0 Å². The van der Waals surface area contributed by atoms with Gasteiger partial charge in [-0.15, -0.1) is 0 Å². The second kappa shape index (κ2) is 8.17. The third kappa shape index (κ3) is 5.13. The zero-order chi connectivity index (χ0) is 19.4. The van der Waals surface area contributed by atoms with Crippen LogP contribution in [0, 0.1) is 0 Å². The van der Waals surface area contributed by atoms with Crippen LogP contribution < -0.4 is 0 Å². The molecule has 3 rings (SSSR count). The highest BCUT2D eigenvalue weighted by molar-refractivity contribution is 7.05. The Morgan fingerprint density at radius 3 is 2.67 bits per heavy atom. The van der Waals surface area contributed by atoms with Gasteiger partial charge >= 0.3 is 6.09 Å². The van der Waals surface area contributed by atoms with Gasteiger partial charge in [-0.1, -0.05) is 30.3 Å². The molecule has 0 bridgehead atoms. The van der Waals surface area contributed by atoms with Crippen LogP contribution in [0.5, 0.6) is 0 Å². The first-order chi connectivity index (χ1) is 12.8. The molecule has 2 aromatic rings. The normalized spacial score (nSPS) is 17.6. The predicted molar refractivity (Wildman–Crippen MR) is 105 cm³/mol. The van der Waals surface area contributed by atoms with Crippen LogP contribution in [-0.4, -0.2) is 44.3 Å². The fourth-order valence-electron chi connectivity index (χ4n) is 3.10. The number of aromatic nitrogens is 2. The second-order valence-corrected chi connectivity index (χ2v) is 8.54. The van der Waals surface area contributed by atoms with Crippen molar-refractivity contribution in [2.75, 3.05) is 6.54 Å². The molecule has 0 N–H and O–H groups in total. The van der Waals surface area contributed by atoms with Crippen LogP contribution in [0.25, 0.3) is 11.4 Å². The van der Waals surface area contributed by atoms with E-state index in [2.05, 4.69) is 9.36 Å². The quantitative estimate of drug-likeness (QED) is 0.789. The number of amides is 1. The van der Waals surface area contributed by atoms with Crippen molar-refractivity contribution in [3.63, 3.8) is 0 Å². The molecule has 0 saturated carbocycles. The van der Waals surface area contributed by atoms with E-state index in [-0.39, 0.29) is 12.2 Å². The minimum absolute atomic E-state index is 0.00341. The largest absolute Gasteiger partial charge is 0.444 e. The van der Waals surface area contributed by atoms with Gasteiger partial charge in [-0.2, -0.15) is 4.37 Å². The maximum Gasteiger partial charge on any atom is 0.410 e. The highest BCUT2D eigenvalue weighted by Gasteiger charge is 2.34. The number of likely N-dealkylation sites (tertiary alicyclic amines) is 1. The maximum atomic E-state index is 12.9. The molecule has 144 valence electrons. The molecule has 1 aliphatic heterocycles. The highest BCUT2D eigenvalue weighted by Crippen LogP contribution is 2.23. The van der Waals surface area contributed by atoms with E-state index in [0.29, 0.717) is 23.8 Å². The number of nitrogens with zero attached hydrogens (tertiary/aromatic N) is 3. The Balaban J connectivity index is 1.69. The standard InChI is InChI=1S/C20H25N3O3S/c1-20(2,3)26-19(25)23-12-8-7-11-15(23)16(24)13-17-21-18(22-27-17)14-9-5-4-6-10-14/h4-6,9-10,15H,7-8,11-13H2,1-3H3/t15-/m0/s1. The molecule has 1 saturated heterocycles. The smallest absolute Gasteiger partial charge is 0.410 e. The van der Waals surface area contributed by atoms with Crippen LogP contribution in [0.3, 0.4) is 0 Å². The van der Waals surface area contributed by atoms with Gasteiger partial charge in [0.15, 0.2) is 11.6 Å². The highest BCUT2D eigenvalue weighted by atomic mass is 32.1. The number of ketones is 1. The minimum Gasteiger partial charge on any atom is -0.444 e. The zero-order valence-electron chi connectivity index (χ0n) is 16.0. The lowest BCUT2D eigenvalue weighted by atomic mass is 9.97. The van der Waals surface area contributed by atoms with Crippen molar-refractivity contribution >= 4 is 23.4 Å². The third-order valence-electron chi connectivity index (χ3n) is 4.33. The van der Waals surface area contributed by atoms with E-state index < -0.39 is 17.7 Å². The first-order valence-corrected chi connectivity index (χ1v) is 10.0. The van der Waals surface area contributed by atoms with E-state index in [9.17, 15) is 9.59 Å². The van der Waals surface area contributed by atoms with Crippen molar-refractivity contribution in [1.82, 2.24) is 14.3 Å². The summed E-state index contributed by atoms with van der Waals surface area (Å²) in [5.74, 6) is 0.632. The van der Waals surface area contributed by atoms with Gasteiger partial charge in [0.1, 0.15) is 10.6 Å². The van der Waals surface area contributed by atoms with Crippen LogP contribution in [0.15, 0.2) is 30.3 Å². The van der Waals surface area contributed by atoms with Gasteiger partial charge in [0.2, 0.25) is 0 Å². The van der Waals surface area contributed by atoms with Crippen molar-refractivity contribution in [1.29, 1.82) is 0 Å². The first kappa shape index (κ1) is 19.5. The molecule has 27 heavy (non-hydrogen) atoms. The van der Waals surface area contributed by atoms with Gasteiger partial charge < -0.3 is 4.74 Å². The van der Waals surface area contributed by atoms with Crippen molar-refractivity contribution in [2.24, 2.45) is 0 Å². The van der Waals surface area contributed by atoms with E-state index >= 15 is 0 Å². The average molecular weight is 388 g/mol. The Labute approximate surface area is 163 Å². The molecule has 1 fully saturated rings. The summed E-state index contributed by atoms with van der Waals surface area (Å²) in [6, 6.07) is 9.24. The Hall–Kier alpha value is -2.28. The number of piperidine rings is 1. The lowest BCUT2D eigenvalue weighted by Gasteiger charge is -2.35. The van der Waals surface area contributed by atoms with Crippen molar-refractivity contribution in [2.45, 2.75) is 58.1 Å². The number of hydrogen-bond acceptors (Lipinski definition) is 6. The van der Waals surface area contributed by atoms with Gasteiger partial charge in [-0.05, 0) is 51.6 Å². The Morgan fingerprint density at radius 2 is 1.96 bits per heavy atom.